The molecule has 0 aliphatic heterocycles. The van der Waals surface area contributed by atoms with E-state index in [0.29, 0.717) is 38.2 Å². The fraction of sp³-hybridized carbons (Fsp3) is 0. The van der Waals surface area contributed by atoms with Crippen LogP contribution in [0.3, 0.4) is 0 Å². The van der Waals surface area contributed by atoms with Crippen LogP contribution in [0, 0.1) is 0 Å². The SMILES string of the molecule is [2H]c1c([2H])c(-c2cccc3ccccc23)c([2H])c(-c2c3ccccc3c(-c3c([2H])c([2H])c([2H])c4oc5c6c([2H])c([2H])c([2H])c([2H])c6c([2H])c([2H])c5c34)c3ccccc23)c1[2H]. The lowest BCUT2D eigenvalue weighted by Crippen LogP contribution is -1.91. The Balaban J connectivity index is 1.40. The number of furan rings is 1. The summed E-state index contributed by atoms with van der Waals surface area (Å²) in [7, 11) is 0. The normalized spacial score (nSPS) is 15.7. The fourth-order valence-electron chi connectivity index (χ4n) is 6.87. The molecule has 0 atom stereocenters. The quantitative estimate of drug-likeness (QED) is 0.182. The van der Waals surface area contributed by atoms with Crippen LogP contribution in [0.1, 0.15) is 17.8 Å². The molecule has 1 heteroatoms. The lowest BCUT2D eigenvalue weighted by atomic mass is 9.84. The Morgan fingerprint density at radius 1 is 0.404 bits per heavy atom. The largest absolute Gasteiger partial charge is 0.455 e. The predicted molar refractivity (Wildman–Crippen MR) is 200 cm³/mol. The lowest BCUT2D eigenvalue weighted by molar-refractivity contribution is 0.673. The Hall–Kier alpha value is -6.18. The highest BCUT2D eigenvalue weighted by molar-refractivity contribution is 6.27. The van der Waals surface area contributed by atoms with E-state index in [4.69, 9.17) is 16.8 Å². The molecule has 0 amide bonds. The van der Waals surface area contributed by atoms with Gasteiger partial charge in [0.15, 0.2) is 0 Å². The first-order valence-corrected chi connectivity index (χ1v) is 15.1. The van der Waals surface area contributed by atoms with Gasteiger partial charge in [0, 0.05) is 16.2 Å². The molecule has 1 aromatic heterocycles. The maximum absolute atomic E-state index is 9.77. The Morgan fingerprint density at radius 2 is 1.06 bits per heavy atom. The van der Waals surface area contributed by atoms with Crippen LogP contribution in [0.4, 0.5) is 0 Å². The molecule has 0 saturated heterocycles. The minimum atomic E-state index is -0.580. The van der Waals surface area contributed by atoms with E-state index >= 15 is 0 Å². The maximum Gasteiger partial charge on any atom is 0.143 e. The first-order chi connectivity index (χ1) is 28.8. The van der Waals surface area contributed by atoms with Crippen LogP contribution in [0.25, 0.3) is 98.4 Å². The summed E-state index contributed by atoms with van der Waals surface area (Å²) in [4.78, 5) is 0. The van der Waals surface area contributed by atoms with Crippen LogP contribution < -0.4 is 0 Å². The zero-order valence-corrected chi connectivity index (χ0v) is 24.6. The standard InChI is InChI=1S/C46H28O/c1-3-17-33-29(12-1)14-10-23-34(33)31-15-9-16-32(28-31)43-36-19-5-7-21-38(36)44(39-22-8-6-20-37(39)43)40-24-11-25-42-45(40)41-27-26-30-13-2-4-18-35(30)46(41)47-42/h1-28H/i2D,4D,9D,11D,13D,15D,16D,18D,24D,25D,26D,27D,28D. The molecule has 1 heterocycles. The summed E-state index contributed by atoms with van der Waals surface area (Å²) in [5.41, 5.74) is 1.46. The van der Waals surface area contributed by atoms with E-state index in [-0.39, 0.29) is 79.6 Å². The monoisotopic (exact) mass is 609 g/mol. The molecule has 10 aromatic rings. The van der Waals surface area contributed by atoms with Crippen molar-refractivity contribution in [3.05, 3.63) is 170 Å². The van der Waals surface area contributed by atoms with Crippen LogP contribution in [0.2, 0.25) is 0 Å². The first-order valence-electron chi connectivity index (χ1n) is 21.6. The molecule has 0 unspecified atom stereocenters. The molecule has 9 aromatic carbocycles. The van der Waals surface area contributed by atoms with Crippen molar-refractivity contribution in [1.82, 2.24) is 0 Å². The summed E-state index contributed by atoms with van der Waals surface area (Å²) in [5, 5.41) is 3.33. The summed E-state index contributed by atoms with van der Waals surface area (Å²) in [6.07, 6.45) is 0. The minimum absolute atomic E-state index is 0.0479. The molecular formula is C46H28O. The average Bonchev–Trinajstić information content (AvgIpc) is 3.65. The van der Waals surface area contributed by atoms with Gasteiger partial charge < -0.3 is 4.42 Å². The van der Waals surface area contributed by atoms with Gasteiger partial charge in [0.25, 0.3) is 0 Å². The van der Waals surface area contributed by atoms with Crippen LogP contribution >= 0.6 is 0 Å². The van der Waals surface area contributed by atoms with Crippen LogP contribution in [0.15, 0.2) is 174 Å². The second kappa shape index (κ2) is 10.2. The molecule has 0 N–H and O–H groups in total. The molecule has 0 aliphatic rings. The van der Waals surface area contributed by atoms with Gasteiger partial charge >= 0.3 is 0 Å². The fourth-order valence-corrected chi connectivity index (χ4v) is 6.87. The molecule has 47 heavy (non-hydrogen) atoms. The van der Waals surface area contributed by atoms with Gasteiger partial charge in [0.1, 0.15) is 11.2 Å². The van der Waals surface area contributed by atoms with Gasteiger partial charge in [-0.15, -0.1) is 0 Å². The van der Waals surface area contributed by atoms with E-state index in [9.17, 15) is 5.48 Å². The molecule has 0 spiro atoms. The van der Waals surface area contributed by atoms with Gasteiger partial charge in [-0.05, 0) is 89.2 Å². The van der Waals surface area contributed by atoms with Crippen molar-refractivity contribution in [2.24, 2.45) is 0 Å². The summed E-state index contributed by atoms with van der Waals surface area (Å²) < 4.78 is 123. The molecule has 0 radical (unpaired) electrons. The number of benzene rings is 9. The van der Waals surface area contributed by atoms with E-state index in [2.05, 4.69) is 0 Å². The molecule has 218 valence electrons. The van der Waals surface area contributed by atoms with Gasteiger partial charge in [-0.1, -0.05) is 151 Å². The summed E-state index contributed by atoms with van der Waals surface area (Å²) in [6.45, 7) is 0. The summed E-state index contributed by atoms with van der Waals surface area (Å²) >= 11 is 0. The Kier molecular flexibility index (Phi) is 3.55. The Bertz CT molecular complexity index is 3530. The lowest BCUT2D eigenvalue weighted by Gasteiger charge is -2.19. The third-order valence-corrected chi connectivity index (χ3v) is 8.86. The van der Waals surface area contributed by atoms with E-state index in [1.165, 1.54) is 0 Å². The van der Waals surface area contributed by atoms with Crippen molar-refractivity contribution in [3.8, 4) is 33.4 Å². The van der Waals surface area contributed by atoms with Crippen molar-refractivity contribution in [2.75, 3.05) is 0 Å². The predicted octanol–water partition coefficient (Wildman–Crippen LogP) is 13.2. The van der Waals surface area contributed by atoms with E-state index < -0.39 is 48.3 Å². The zero-order chi connectivity index (χ0) is 42.2. The van der Waals surface area contributed by atoms with Gasteiger partial charge in [-0.25, -0.2) is 0 Å². The highest BCUT2D eigenvalue weighted by atomic mass is 16.3. The first kappa shape index (κ1) is 16.4. The second-order valence-corrected chi connectivity index (χ2v) is 11.4. The van der Waals surface area contributed by atoms with Crippen LogP contribution in [0.5, 0.6) is 0 Å². The molecule has 0 saturated carbocycles. The Labute approximate surface area is 290 Å². The maximum atomic E-state index is 9.77. The number of fused-ring (bicyclic) bond motifs is 8. The van der Waals surface area contributed by atoms with Crippen molar-refractivity contribution in [2.45, 2.75) is 0 Å². The summed E-state index contributed by atoms with van der Waals surface area (Å²) in [6, 6.07) is 21.9. The second-order valence-electron chi connectivity index (χ2n) is 11.4. The summed E-state index contributed by atoms with van der Waals surface area (Å²) in [5.74, 6) is 0. The molecule has 10 rings (SSSR count). The van der Waals surface area contributed by atoms with Gasteiger partial charge in [0.2, 0.25) is 0 Å². The van der Waals surface area contributed by atoms with Crippen molar-refractivity contribution < 1.29 is 22.2 Å². The highest BCUT2D eigenvalue weighted by Crippen LogP contribution is 2.48. The zero-order valence-electron chi connectivity index (χ0n) is 37.6. The number of hydrogen-bond acceptors (Lipinski definition) is 1. The van der Waals surface area contributed by atoms with E-state index in [1.54, 1.807) is 48.5 Å². The van der Waals surface area contributed by atoms with Crippen molar-refractivity contribution in [1.29, 1.82) is 0 Å². The molecule has 0 bridgehead atoms. The molecule has 0 aliphatic carbocycles. The third kappa shape index (κ3) is 3.90. The van der Waals surface area contributed by atoms with Crippen molar-refractivity contribution >= 4 is 65.0 Å². The van der Waals surface area contributed by atoms with Gasteiger partial charge in [-0.2, -0.15) is 0 Å². The molecular weight excluding hydrogens is 569 g/mol. The van der Waals surface area contributed by atoms with Crippen LogP contribution in [-0.2, 0) is 0 Å². The highest BCUT2D eigenvalue weighted by Gasteiger charge is 2.21. The van der Waals surface area contributed by atoms with E-state index in [1.807, 2.05) is 42.5 Å². The molecule has 0 fully saturated rings. The minimum Gasteiger partial charge on any atom is -0.455 e. The topological polar surface area (TPSA) is 13.1 Å². The smallest absolute Gasteiger partial charge is 0.143 e. The van der Waals surface area contributed by atoms with E-state index in [0.717, 1.165) is 10.8 Å². The average molecular weight is 610 g/mol. The number of rotatable bonds is 3. The molecule has 1 nitrogen and oxygen atoms in total. The van der Waals surface area contributed by atoms with Gasteiger partial charge in [0.05, 0.1) is 17.8 Å². The van der Waals surface area contributed by atoms with Crippen LogP contribution in [-0.4, -0.2) is 0 Å². The number of hydrogen-bond donors (Lipinski definition) is 0. The Morgan fingerprint density at radius 3 is 1.87 bits per heavy atom. The van der Waals surface area contributed by atoms with Gasteiger partial charge in [-0.3, -0.25) is 0 Å². The van der Waals surface area contributed by atoms with Crippen molar-refractivity contribution in [3.63, 3.8) is 0 Å². The third-order valence-electron chi connectivity index (χ3n) is 8.86.